The Labute approximate surface area is 207 Å². The quantitative estimate of drug-likeness (QED) is 0.406. The highest BCUT2D eigenvalue weighted by Gasteiger charge is 2.36. The van der Waals surface area contributed by atoms with Gasteiger partial charge in [0.2, 0.25) is 0 Å². The van der Waals surface area contributed by atoms with E-state index >= 15 is 0 Å². The smallest absolute Gasteiger partial charge is 0.265 e. The van der Waals surface area contributed by atoms with Crippen molar-refractivity contribution in [2.75, 3.05) is 50.8 Å². The van der Waals surface area contributed by atoms with E-state index in [9.17, 15) is 9.90 Å². The minimum atomic E-state index is -0.622. The van der Waals surface area contributed by atoms with Crippen LogP contribution in [0.4, 0.5) is 0 Å². The molecule has 0 aromatic heterocycles. The Morgan fingerprint density at radius 3 is 2.88 bits per heavy atom. The van der Waals surface area contributed by atoms with Crippen LogP contribution in [-0.2, 0) is 17.8 Å². The van der Waals surface area contributed by atoms with Crippen LogP contribution < -0.4 is 10.6 Å². The fraction of sp³-hybridized carbons (Fsp3) is 0.640. The fourth-order valence-electron chi connectivity index (χ4n) is 4.88. The third-order valence-corrected chi connectivity index (χ3v) is 7.61. The first-order valence-electron chi connectivity index (χ1n) is 12.4. The molecule has 1 unspecified atom stereocenters. The summed E-state index contributed by atoms with van der Waals surface area (Å²) < 4.78 is 0. The summed E-state index contributed by atoms with van der Waals surface area (Å²) in [6.07, 6.45) is 2.30. The van der Waals surface area contributed by atoms with E-state index in [-0.39, 0.29) is 12.5 Å². The van der Waals surface area contributed by atoms with Crippen LogP contribution in [0.3, 0.4) is 0 Å². The highest BCUT2D eigenvalue weighted by atomic mass is 32.2. The van der Waals surface area contributed by atoms with Crippen molar-refractivity contribution in [3.05, 3.63) is 35.4 Å². The minimum absolute atomic E-state index is 0.213. The van der Waals surface area contributed by atoms with E-state index in [1.165, 1.54) is 23.2 Å². The molecule has 186 valence electrons. The summed E-state index contributed by atoms with van der Waals surface area (Å²) in [7, 11) is 0. The molecule has 0 aliphatic carbocycles. The number of hydrogen-bond acceptors (Lipinski definition) is 8. The van der Waals surface area contributed by atoms with Crippen molar-refractivity contribution in [3.8, 4) is 0 Å². The molecule has 4 rings (SSSR count). The maximum absolute atomic E-state index is 12.7. The molecule has 1 aromatic carbocycles. The van der Waals surface area contributed by atoms with E-state index in [0.717, 1.165) is 44.9 Å². The van der Waals surface area contributed by atoms with Crippen LogP contribution in [0, 0.1) is 0 Å². The van der Waals surface area contributed by atoms with Crippen LogP contribution in [0.1, 0.15) is 31.4 Å². The van der Waals surface area contributed by atoms with Crippen LogP contribution in [0.15, 0.2) is 34.3 Å². The zero-order valence-corrected chi connectivity index (χ0v) is 21.2. The summed E-state index contributed by atoms with van der Waals surface area (Å²) in [6.45, 7) is 9.87. The Morgan fingerprint density at radius 2 is 2.09 bits per heavy atom. The monoisotopic (exact) mass is 486 g/mol. The molecule has 8 nitrogen and oxygen atoms in total. The van der Waals surface area contributed by atoms with Crippen LogP contribution in [0.25, 0.3) is 0 Å². The number of fused-ring (bicyclic) bond motifs is 1. The van der Waals surface area contributed by atoms with Gasteiger partial charge in [-0.05, 0) is 30.2 Å². The van der Waals surface area contributed by atoms with Gasteiger partial charge < -0.3 is 10.4 Å². The van der Waals surface area contributed by atoms with Gasteiger partial charge in [0.1, 0.15) is 17.7 Å². The zero-order valence-electron chi connectivity index (χ0n) is 20.4. The number of amides is 1. The summed E-state index contributed by atoms with van der Waals surface area (Å²) in [5, 5.41) is 17.0. The standard InChI is InChI=1S/C25H38N6O2S/c1-3-34-11-10-31-15-21(16-31)29-25(2)12-23(27-18-28-25)24(33)26-13-22(32)17-30-9-8-19-6-4-5-7-20(19)14-30/h4-7,18,21-22,29,32H,3,8-17H2,1-2H3,(H,26,33)/t22-,25?/m0/s1. The molecule has 0 radical (unpaired) electrons. The molecular weight excluding hydrogens is 448 g/mol. The highest BCUT2D eigenvalue weighted by Crippen LogP contribution is 2.21. The van der Waals surface area contributed by atoms with Crippen molar-refractivity contribution in [2.45, 2.75) is 51.0 Å². The number of aliphatic imine (C=N–C) groups is 2. The summed E-state index contributed by atoms with van der Waals surface area (Å²) in [5.74, 6) is 2.11. The molecule has 1 saturated heterocycles. The third-order valence-electron chi connectivity index (χ3n) is 6.74. The molecule has 1 amide bonds. The Kier molecular flexibility index (Phi) is 8.76. The lowest BCUT2D eigenvalue weighted by atomic mass is 9.99. The molecule has 0 bridgehead atoms. The fourth-order valence-corrected chi connectivity index (χ4v) is 5.55. The largest absolute Gasteiger partial charge is 0.390 e. The topological polar surface area (TPSA) is 92.6 Å². The zero-order chi connectivity index (χ0) is 24.0. The van der Waals surface area contributed by atoms with Gasteiger partial charge in [0, 0.05) is 64.0 Å². The van der Waals surface area contributed by atoms with Gasteiger partial charge in [-0.25, -0.2) is 4.99 Å². The molecular formula is C25H38N6O2S. The molecule has 1 aromatic rings. The van der Waals surface area contributed by atoms with E-state index in [1.54, 1.807) is 0 Å². The van der Waals surface area contributed by atoms with Crippen molar-refractivity contribution in [2.24, 2.45) is 9.98 Å². The second-order valence-electron chi connectivity index (χ2n) is 9.69. The lowest BCUT2D eigenvalue weighted by Gasteiger charge is -2.44. The third kappa shape index (κ3) is 6.88. The molecule has 1 fully saturated rings. The summed E-state index contributed by atoms with van der Waals surface area (Å²) in [5.41, 5.74) is 2.64. The number of rotatable bonds is 11. The molecule has 3 heterocycles. The Balaban J connectivity index is 1.17. The van der Waals surface area contributed by atoms with Gasteiger partial charge in [0.15, 0.2) is 0 Å². The molecule has 3 aliphatic heterocycles. The van der Waals surface area contributed by atoms with Crippen molar-refractivity contribution in [1.82, 2.24) is 20.4 Å². The van der Waals surface area contributed by atoms with Gasteiger partial charge in [-0.15, -0.1) is 0 Å². The summed E-state index contributed by atoms with van der Waals surface area (Å²) in [4.78, 5) is 26.2. The Hall–Kier alpha value is -1.78. The number of β-amino-alcohol motifs (C(OH)–C–C–N with tert-alkyl or cyclic N) is 1. The lowest BCUT2D eigenvalue weighted by molar-refractivity contribution is -0.115. The van der Waals surface area contributed by atoms with Crippen LogP contribution in [0.2, 0.25) is 0 Å². The number of aliphatic hydroxyl groups excluding tert-OH is 1. The highest BCUT2D eigenvalue weighted by molar-refractivity contribution is 7.99. The van der Waals surface area contributed by atoms with Crippen molar-refractivity contribution in [1.29, 1.82) is 0 Å². The van der Waals surface area contributed by atoms with E-state index in [2.05, 4.69) is 61.6 Å². The molecule has 34 heavy (non-hydrogen) atoms. The number of carbonyl (C=O) groups is 1. The van der Waals surface area contributed by atoms with Crippen molar-refractivity contribution >= 4 is 29.7 Å². The normalized spacial score (nSPS) is 24.3. The van der Waals surface area contributed by atoms with Gasteiger partial charge in [-0.2, -0.15) is 11.8 Å². The maximum Gasteiger partial charge on any atom is 0.265 e. The van der Waals surface area contributed by atoms with Crippen LogP contribution in [-0.4, -0.2) is 101 Å². The number of nitrogens with one attached hydrogen (secondary N) is 2. The average molecular weight is 487 g/mol. The van der Waals surface area contributed by atoms with Gasteiger partial charge in [0.25, 0.3) is 5.91 Å². The van der Waals surface area contributed by atoms with Gasteiger partial charge in [0.05, 0.1) is 6.10 Å². The first-order chi connectivity index (χ1) is 16.4. The molecule has 9 heteroatoms. The second kappa shape index (κ2) is 11.8. The number of aliphatic hydroxyl groups is 1. The van der Waals surface area contributed by atoms with Crippen LogP contribution >= 0.6 is 11.8 Å². The maximum atomic E-state index is 12.7. The van der Waals surface area contributed by atoms with E-state index in [4.69, 9.17) is 0 Å². The molecule has 2 atom stereocenters. The average Bonchev–Trinajstić information content (AvgIpc) is 2.81. The summed E-state index contributed by atoms with van der Waals surface area (Å²) in [6, 6.07) is 8.84. The lowest BCUT2D eigenvalue weighted by Crippen LogP contribution is -2.64. The van der Waals surface area contributed by atoms with Gasteiger partial charge in [-0.1, -0.05) is 31.2 Å². The van der Waals surface area contributed by atoms with Gasteiger partial charge >= 0.3 is 0 Å². The number of likely N-dealkylation sites (tertiary alicyclic amines) is 1. The first kappa shape index (κ1) is 25.3. The number of nitrogens with zero attached hydrogens (tertiary/aromatic N) is 4. The van der Waals surface area contributed by atoms with E-state index in [0.29, 0.717) is 24.7 Å². The van der Waals surface area contributed by atoms with Crippen molar-refractivity contribution < 1.29 is 9.90 Å². The van der Waals surface area contributed by atoms with E-state index < -0.39 is 11.8 Å². The van der Waals surface area contributed by atoms with Crippen molar-refractivity contribution in [3.63, 3.8) is 0 Å². The SMILES string of the molecule is CCSCCN1CC(NC2(C)CC(C(=O)NC[C@H](O)CN3CCc4ccccc4C3)=NC=N2)C1. The molecule has 3 N–H and O–H groups in total. The Bertz CT molecular complexity index is 903. The first-order valence-corrected chi connectivity index (χ1v) is 13.5. The predicted octanol–water partition coefficient (Wildman–Crippen LogP) is 1.14. The number of carbonyl (C=O) groups excluding carboxylic acids is 1. The Morgan fingerprint density at radius 1 is 1.29 bits per heavy atom. The summed E-state index contributed by atoms with van der Waals surface area (Å²) >= 11 is 1.97. The van der Waals surface area contributed by atoms with Crippen LogP contribution in [0.5, 0.6) is 0 Å². The minimum Gasteiger partial charge on any atom is -0.390 e. The number of hydrogen-bond donors (Lipinski definition) is 3. The predicted molar refractivity (Wildman–Crippen MR) is 140 cm³/mol. The molecule has 3 aliphatic rings. The molecule has 0 spiro atoms. The number of benzene rings is 1. The van der Waals surface area contributed by atoms with Gasteiger partial charge in [-0.3, -0.25) is 24.9 Å². The number of thioether (sulfide) groups is 1. The van der Waals surface area contributed by atoms with E-state index in [1.807, 2.05) is 18.7 Å². The molecule has 0 saturated carbocycles. The second-order valence-corrected chi connectivity index (χ2v) is 11.1.